The standard InChI is InChI=1S/C21H22N4O7S/c1-31-15-4-6-19(32-2)20(12-15)33(29,30)24-9-7-23(8-10-24)21(26)17-13-22-18-5-3-14(25(27)28)11-16(17)18/h3-6,11-13,22H,7-10H2,1-2H3. The number of aromatic nitrogens is 1. The number of methoxy groups -OCH3 is 2. The summed E-state index contributed by atoms with van der Waals surface area (Å²) in [6, 6.07) is 8.82. The average molecular weight is 474 g/mol. The number of sulfonamides is 1. The van der Waals surface area contributed by atoms with Crippen molar-refractivity contribution in [2.75, 3.05) is 40.4 Å². The van der Waals surface area contributed by atoms with Crippen LogP contribution in [0.5, 0.6) is 11.5 Å². The van der Waals surface area contributed by atoms with Crippen molar-refractivity contribution in [2.45, 2.75) is 4.90 Å². The van der Waals surface area contributed by atoms with E-state index < -0.39 is 14.9 Å². The van der Waals surface area contributed by atoms with Crippen LogP contribution >= 0.6 is 0 Å². The van der Waals surface area contributed by atoms with Gasteiger partial charge in [-0.15, -0.1) is 0 Å². The van der Waals surface area contributed by atoms with E-state index in [-0.39, 0.29) is 48.4 Å². The Morgan fingerprint density at radius 2 is 1.79 bits per heavy atom. The second kappa shape index (κ2) is 8.71. The van der Waals surface area contributed by atoms with Gasteiger partial charge in [0.05, 0.1) is 24.7 Å². The van der Waals surface area contributed by atoms with E-state index in [1.807, 2.05) is 0 Å². The fourth-order valence-corrected chi connectivity index (χ4v) is 5.42. The lowest BCUT2D eigenvalue weighted by Gasteiger charge is -2.34. The molecule has 0 bridgehead atoms. The van der Waals surface area contributed by atoms with Crippen LogP contribution in [0.4, 0.5) is 5.69 Å². The number of H-pyrrole nitrogens is 1. The molecule has 33 heavy (non-hydrogen) atoms. The molecule has 3 aromatic rings. The lowest BCUT2D eigenvalue weighted by atomic mass is 10.1. The Kier molecular flexibility index (Phi) is 5.95. The SMILES string of the molecule is COc1ccc(OC)c(S(=O)(=O)N2CCN(C(=O)c3c[nH]c4ccc([N+](=O)[O-])cc34)CC2)c1. The third-order valence-corrected chi connectivity index (χ3v) is 7.54. The summed E-state index contributed by atoms with van der Waals surface area (Å²) in [6.07, 6.45) is 1.51. The number of benzene rings is 2. The molecule has 0 saturated carbocycles. The molecule has 1 aliphatic rings. The molecule has 0 spiro atoms. The van der Waals surface area contributed by atoms with Crippen LogP contribution in [0.2, 0.25) is 0 Å². The van der Waals surface area contributed by atoms with Gasteiger partial charge >= 0.3 is 0 Å². The molecule has 0 radical (unpaired) electrons. The van der Waals surface area contributed by atoms with Crippen LogP contribution in [0.3, 0.4) is 0 Å². The van der Waals surface area contributed by atoms with Crippen molar-refractivity contribution in [1.29, 1.82) is 0 Å². The minimum atomic E-state index is -3.88. The van der Waals surface area contributed by atoms with Crippen molar-refractivity contribution in [1.82, 2.24) is 14.2 Å². The molecule has 174 valence electrons. The summed E-state index contributed by atoms with van der Waals surface area (Å²) in [5.74, 6) is 0.268. The largest absolute Gasteiger partial charge is 0.497 e. The van der Waals surface area contributed by atoms with Crippen LogP contribution in [0.1, 0.15) is 10.4 Å². The van der Waals surface area contributed by atoms with Crippen molar-refractivity contribution in [3.8, 4) is 11.5 Å². The number of amides is 1. The number of aromatic amines is 1. The number of fused-ring (bicyclic) bond motifs is 1. The number of piperazine rings is 1. The van der Waals surface area contributed by atoms with Gasteiger partial charge in [-0.1, -0.05) is 0 Å². The smallest absolute Gasteiger partial charge is 0.270 e. The first-order valence-corrected chi connectivity index (χ1v) is 11.5. The fraction of sp³-hybridized carbons (Fsp3) is 0.286. The topological polar surface area (TPSA) is 135 Å². The number of nitrogens with zero attached hydrogens (tertiary/aromatic N) is 3. The highest BCUT2D eigenvalue weighted by molar-refractivity contribution is 7.89. The van der Waals surface area contributed by atoms with Crippen LogP contribution in [-0.2, 0) is 10.0 Å². The van der Waals surface area contributed by atoms with Gasteiger partial charge in [0, 0.05) is 61.5 Å². The zero-order valence-electron chi connectivity index (χ0n) is 18.0. The molecule has 11 nitrogen and oxygen atoms in total. The van der Waals surface area contributed by atoms with E-state index in [2.05, 4.69) is 4.98 Å². The zero-order valence-corrected chi connectivity index (χ0v) is 18.8. The number of ether oxygens (including phenoxy) is 2. The molecule has 1 amide bonds. The molecule has 4 rings (SSSR count). The number of hydrogen-bond donors (Lipinski definition) is 1. The molecule has 1 N–H and O–H groups in total. The number of nitro groups is 1. The molecule has 0 aliphatic carbocycles. The second-order valence-electron chi connectivity index (χ2n) is 7.40. The Morgan fingerprint density at radius 1 is 1.06 bits per heavy atom. The number of nitrogens with one attached hydrogen (secondary N) is 1. The Bertz CT molecular complexity index is 1330. The predicted octanol–water partition coefficient (Wildman–Crippen LogP) is 2.24. The highest BCUT2D eigenvalue weighted by Gasteiger charge is 2.33. The summed E-state index contributed by atoms with van der Waals surface area (Å²) >= 11 is 0. The third-order valence-electron chi connectivity index (χ3n) is 5.62. The lowest BCUT2D eigenvalue weighted by Crippen LogP contribution is -2.50. The number of hydrogen-bond acceptors (Lipinski definition) is 7. The summed E-state index contributed by atoms with van der Waals surface area (Å²) in [4.78, 5) is 28.2. The van der Waals surface area contributed by atoms with Crippen LogP contribution in [0, 0.1) is 10.1 Å². The van der Waals surface area contributed by atoms with E-state index in [0.29, 0.717) is 22.2 Å². The van der Waals surface area contributed by atoms with Gasteiger partial charge in [0.1, 0.15) is 16.4 Å². The molecule has 12 heteroatoms. The van der Waals surface area contributed by atoms with Crippen LogP contribution in [0.15, 0.2) is 47.5 Å². The van der Waals surface area contributed by atoms with Crippen LogP contribution in [-0.4, -0.2) is 73.8 Å². The highest BCUT2D eigenvalue weighted by Crippen LogP contribution is 2.31. The van der Waals surface area contributed by atoms with E-state index >= 15 is 0 Å². The van der Waals surface area contributed by atoms with Gasteiger partial charge in [-0.05, 0) is 18.2 Å². The molecular weight excluding hydrogens is 452 g/mol. The predicted molar refractivity (Wildman–Crippen MR) is 119 cm³/mol. The Hall–Kier alpha value is -3.64. The second-order valence-corrected chi connectivity index (χ2v) is 9.31. The maximum atomic E-state index is 13.2. The molecule has 1 aliphatic heterocycles. The number of rotatable bonds is 6. The Balaban J connectivity index is 1.54. The minimum Gasteiger partial charge on any atom is -0.497 e. The van der Waals surface area contributed by atoms with Gasteiger partial charge in [-0.2, -0.15) is 4.31 Å². The fourth-order valence-electron chi connectivity index (χ4n) is 3.83. The van der Waals surface area contributed by atoms with E-state index in [1.54, 1.807) is 12.1 Å². The zero-order chi connectivity index (χ0) is 23.8. The molecule has 2 heterocycles. The Labute approximate surface area is 189 Å². The first-order valence-electron chi connectivity index (χ1n) is 10.0. The van der Waals surface area contributed by atoms with Gasteiger partial charge in [0.25, 0.3) is 11.6 Å². The van der Waals surface area contributed by atoms with Crippen LogP contribution in [0.25, 0.3) is 10.9 Å². The molecule has 1 fully saturated rings. The van der Waals surface area contributed by atoms with E-state index in [1.165, 1.54) is 53.9 Å². The third kappa shape index (κ3) is 4.10. The van der Waals surface area contributed by atoms with Gasteiger partial charge in [0.15, 0.2) is 0 Å². The summed E-state index contributed by atoms with van der Waals surface area (Å²) in [5.41, 5.74) is 0.800. The van der Waals surface area contributed by atoms with E-state index in [0.717, 1.165) is 0 Å². The van der Waals surface area contributed by atoms with Gasteiger partial charge in [-0.3, -0.25) is 14.9 Å². The van der Waals surface area contributed by atoms with Gasteiger partial charge in [0.2, 0.25) is 10.0 Å². The summed E-state index contributed by atoms with van der Waals surface area (Å²) < 4.78 is 38.1. The quantitative estimate of drug-likeness (QED) is 0.427. The van der Waals surface area contributed by atoms with Crippen molar-refractivity contribution in [3.05, 3.63) is 58.3 Å². The summed E-state index contributed by atoms with van der Waals surface area (Å²) in [7, 11) is -1.04. The van der Waals surface area contributed by atoms with Gasteiger partial charge in [-0.25, -0.2) is 8.42 Å². The summed E-state index contributed by atoms with van der Waals surface area (Å²) in [5, 5.41) is 11.6. The monoisotopic (exact) mass is 474 g/mol. The number of non-ortho nitro benzene ring substituents is 1. The van der Waals surface area contributed by atoms with E-state index in [9.17, 15) is 23.3 Å². The van der Waals surface area contributed by atoms with E-state index in [4.69, 9.17) is 9.47 Å². The van der Waals surface area contributed by atoms with Crippen molar-refractivity contribution >= 4 is 32.5 Å². The average Bonchev–Trinajstić information content (AvgIpc) is 3.26. The normalized spacial score (nSPS) is 14.9. The molecule has 0 atom stereocenters. The maximum absolute atomic E-state index is 13.2. The lowest BCUT2D eigenvalue weighted by molar-refractivity contribution is -0.384. The Morgan fingerprint density at radius 3 is 2.42 bits per heavy atom. The van der Waals surface area contributed by atoms with Crippen LogP contribution < -0.4 is 9.47 Å². The van der Waals surface area contributed by atoms with Gasteiger partial charge < -0.3 is 19.4 Å². The maximum Gasteiger partial charge on any atom is 0.270 e. The first kappa shape index (κ1) is 22.6. The van der Waals surface area contributed by atoms with Crippen molar-refractivity contribution < 1.29 is 27.6 Å². The highest BCUT2D eigenvalue weighted by atomic mass is 32.2. The number of nitro benzene ring substituents is 1. The minimum absolute atomic E-state index is 0.00642. The molecule has 0 unspecified atom stereocenters. The number of carbonyl (C=O) groups excluding carboxylic acids is 1. The molecular formula is C21H22N4O7S. The number of carbonyl (C=O) groups is 1. The first-order chi connectivity index (χ1) is 15.8. The van der Waals surface area contributed by atoms with Crippen molar-refractivity contribution in [3.63, 3.8) is 0 Å². The van der Waals surface area contributed by atoms with Crippen molar-refractivity contribution in [2.24, 2.45) is 0 Å². The molecule has 2 aromatic carbocycles. The molecule has 1 aromatic heterocycles. The molecule has 1 saturated heterocycles. The summed E-state index contributed by atoms with van der Waals surface area (Å²) in [6.45, 7) is 0.534.